The number of aromatic amines is 1. The average molecular weight is 194 g/mol. The molecule has 1 aromatic rings. The number of rotatable bonds is 1. The number of ether oxygens (including phenoxy) is 1. The highest BCUT2D eigenvalue weighted by Gasteiger charge is 2.32. The van der Waals surface area contributed by atoms with Gasteiger partial charge in [0, 0.05) is 12.3 Å². The summed E-state index contributed by atoms with van der Waals surface area (Å²) in [6.45, 7) is -0.252. The normalized spacial score (nSPS) is 15.9. The van der Waals surface area contributed by atoms with Gasteiger partial charge in [0.15, 0.2) is 6.61 Å². The monoisotopic (exact) mass is 194 g/mol. The van der Waals surface area contributed by atoms with Crippen molar-refractivity contribution in [3.05, 3.63) is 28.7 Å². The van der Waals surface area contributed by atoms with Crippen LogP contribution in [0.4, 0.5) is 10.5 Å². The molecule has 0 unspecified atom stereocenters. The number of pyridine rings is 1. The summed E-state index contributed by atoms with van der Waals surface area (Å²) in [5.41, 5.74) is 0.00543. The Morgan fingerprint density at radius 2 is 2.07 bits per heavy atom. The Bertz CT molecular complexity index is 414. The number of cyclic esters (lactones) is 1. The van der Waals surface area contributed by atoms with Crippen LogP contribution in [0.2, 0.25) is 0 Å². The molecule has 0 atom stereocenters. The van der Waals surface area contributed by atoms with Gasteiger partial charge in [-0.3, -0.25) is 9.59 Å². The van der Waals surface area contributed by atoms with Crippen molar-refractivity contribution in [1.82, 2.24) is 4.98 Å². The summed E-state index contributed by atoms with van der Waals surface area (Å²) >= 11 is 0. The quantitative estimate of drug-likeness (QED) is 0.674. The lowest BCUT2D eigenvalue weighted by atomic mass is 10.4. The Kier molecular flexibility index (Phi) is 1.81. The number of anilines is 1. The first-order valence-electron chi connectivity index (χ1n) is 3.87. The minimum atomic E-state index is -0.720. The van der Waals surface area contributed by atoms with Crippen LogP contribution in [0.5, 0.6) is 0 Å². The predicted molar refractivity (Wildman–Crippen MR) is 45.9 cm³/mol. The number of aromatic nitrogens is 1. The Labute approximate surface area is 78.1 Å². The lowest BCUT2D eigenvalue weighted by Gasteiger charge is -2.08. The molecule has 1 N–H and O–H groups in total. The van der Waals surface area contributed by atoms with E-state index in [9.17, 15) is 14.4 Å². The van der Waals surface area contributed by atoms with Crippen molar-refractivity contribution in [2.45, 2.75) is 0 Å². The minimum absolute atomic E-state index is 0.252. The van der Waals surface area contributed by atoms with Crippen LogP contribution in [0.15, 0.2) is 23.1 Å². The number of hydrogen-bond acceptors (Lipinski definition) is 4. The molecule has 0 aromatic carbocycles. The lowest BCUT2D eigenvalue weighted by Crippen LogP contribution is -2.29. The topological polar surface area (TPSA) is 79.5 Å². The first-order valence-corrected chi connectivity index (χ1v) is 3.87. The Balaban J connectivity index is 2.39. The molecule has 0 saturated carbocycles. The summed E-state index contributed by atoms with van der Waals surface area (Å²) in [7, 11) is 0. The Morgan fingerprint density at radius 3 is 2.57 bits per heavy atom. The summed E-state index contributed by atoms with van der Waals surface area (Å²) in [5, 5.41) is 0. The van der Waals surface area contributed by atoms with Crippen LogP contribution in [0.25, 0.3) is 0 Å². The Morgan fingerprint density at radius 1 is 1.29 bits per heavy atom. The molecule has 0 radical (unpaired) electrons. The van der Waals surface area contributed by atoms with E-state index in [-0.39, 0.29) is 12.2 Å². The molecule has 0 aliphatic carbocycles. The largest absolute Gasteiger partial charge is 0.439 e. The molecular formula is C8H6N2O4. The molecule has 6 nitrogen and oxygen atoms in total. The number of carbonyl (C=O) groups excluding carboxylic acids is 2. The molecule has 0 spiro atoms. The molecule has 1 aliphatic rings. The predicted octanol–water partition coefficient (Wildman–Crippen LogP) is -0.142. The summed E-state index contributed by atoms with van der Waals surface area (Å²) in [6, 6.07) is 2.61. The molecule has 2 rings (SSSR count). The fraction of sp³-hybridized carbons (Fsp3) is 0.125. The van der Waals surface area contributed by atoms with E-state index in [1.807, 2.05) is 0 Å². The van der Waals surface area contributed by atoms with E-state index in [1.165, 1.54) is 18.3 Å². The van der Waals surface area contributed by atoms with Crippen LogP contribution in [-0.4, -0.2) is 23.6 Å². The first kappa shape index (κ1) is 8.49. The van der Waals surface area contributed by atoms with Gasteiger partial charge in [-0.05, 0) is 6.07 Å². The second-order valence-corrected chi connectivity index (χ2v) is 2.69. The maximum Gasteiger partial charge on any atom is 0.421 e. The van der Waals surface area contributed by atoms with E-state index in [0.29, 0.717) is 5.69 Å². The molecule has 6 heteroatoms. The summed E-state index contributed by atoms with van der Waals surface area (Å²) in [6.07, 6.45) is 0.564. The minimum Gasteiger partial charge on any atom is -0.439 e. The molecule has 2 heterocycles. The number of imide groups is 1. The van der Waals surface area contributed by atoms with Crippen molar-refractivity contribution in [3.8, 4) is 0 Å². The highest BCUT2D eigenvalue weighted by molar-refractivity contribution is 6.16. The number of amides is 2. The van der Waals surface area contributed by atoms with Crippen LogP contribution in [0.3, 0.4) is 0 Å². The van der Waals surface area contributed by atoms with Crippen molar-refractivity contribution in [2.75, 3.05) is 11.5 Å². The molecule has 1 fully saturated rings. The lowest BCUT2D eigenvalue weighted by molar-refractivity contribution is -0.117. The molecule has 1 aromatic heterocycles. The van der Waals surface area contributed by atoms with Crippen molar-refractivity contribution >= 4 is 17.7 Å². The fourth-order valence-electron chi connectivity index (χ4n) is 1.15. The molecule has 14 heavy (non-hydrogen) atoms. The van der Waals surface area contributed by atoms with E-state index in [0.717, 1.165) is 4.90 Å². The van der Waals surface area contributed by atoms with Gasteiger partial charge in [0.05, 0.1) is 5.69 Å². The van der Waals surface area contributed by atoms with Crippen molar-refractivity contribution in [2.24, 2.45) is 0 Å². The van der Waals surface area contributed by atoms with E-state index in [1.54, 1.807) is 0 Å². The molecule has 1 saturated heterocycles. The number of hydrogen-bond donors (Lipinski definition) is 1. The maximum absolute atomic E-state index is 11.2. The van der Waals surface area contributed by atoms with Gasteiger partial charge in [-0.25, -0.2) is 9.69 Å². The first-order chi connectivity index (χ1) is 6.68. The van der Waals surface area contributed by atoms with Gasteiger partial charge in [-0.1, -0.05) is 0 Å². The number of carbonyl (C=O) groups is 2. The highest BCUT2D eigenvalue weighted by atomic mass is 16.6. The van der Waals surface area contributed by atoms with Crippen molar-refractivity contribution < 1.29 is 14.3 Å². The Hall–Kier alpha value is -2.11. The third kappa shape index (κ3) is 1.26. The third-order valence-electron chi connectivity index (χ3n) is 1.78. The van der Waals surface area contributed by atoms with Gasteiger partial charge in [0.1, 0.15) is 0 Å². The van der Waals surface area contributed by atoms with Crippen LogP contribution in [-0.2, 0) is 9.53 Å². The SMILES string of the molecule is O=C1COC(=O)N1c1ccc(=O)[nH]c1. The van der Waals surface area contributed by atoms with Crippen LogP contribution in [0, 0.1) is 0 Å². The van der Waals surface area contributed by atoms with Crippen molar-refractivity contribution in [1.29, 1.82) is 0 Å². The van der Waals surface area contributed by atoms with Gasteiger partial charge in [0.2, 0.25) is 5.56 Å². The zero-order valence-electron chi connectivity index (χ0n) is 7.02. The van der Waals surface area contributed by atoms with Gasteiger partial charge < -0.3 is 9.72 Å². The maximum atomic E-state index is 11.2. The second-order valence-electron chi connectivity index (χ2n) is 2.69. The van der Waals surface area contributed by atoms with Gasteiger partial charge in [-0.2, -0.15) is 0 Å². The zero-order valence-corrected chi connectivity index (χ0v) is 7.02. The van der Waals surface area contributed by atoms with E-state index >= 15 is 0 Å². The molecule has 0 bridgehead atoms. The fourth-order valence-corrected chi connectivity index (χ4v) is 1.15. The van der Waals surface area contributed by atoms with E-state index in [2.05, 4.69) is 9.72 Å². The summed E-state index contributed by atoms with van der Waals surface area (Å²) in [5.74, 6) is -0.443. The zero-order chi connectivity index (χ0) is 10.1. The van der Waals surface area contributed by atoms with Gasteiger partial charge >= 0.3 is 6.09 Å². The number of H-pyrrole nitrogens is 1. The van der Waals surface area contributed by atoms with Crippen LogP contribution in [0.1, 0.15) is 0 Å². The average Bonchev–Trinajstić information content (AvgIpc) is 2.49. The second kappa shape index (κ2) is 2.99. The summed E-state index contributed by atoms with van der Waals surface area (Å²) in [4.78, 5) is 36.2. The summed E-state index contributed by atoms with van der Waals surface area (Å²) < 4.78 is 4.51. The van der Waals surface area contributed by atoms with E-state index in [4.69, 9.17) is 0 Å². The molecule has 1 aliphatic heterocycles. The van der Waals surface area contributed by atoms with Crippen LogP contribution < -0.4 is 10.5 Å². The van der Waals surface area contributed by atoms with Gasteiger partial charge in [0.25, 0.3) is 5.91 Å². The van der Waals surface area contributed by atoms with E-state index < -0.39 is 12.0 Å². The number of nitrogens with zero attached hydrogens (tertiary/aromatic N) is 1. The highest BCUT2D eigenvalue weighted by Crippen LogP contribution is 2.16. The smallest absolute Gasteiger partial charge is 0.421 e. The molecular weight excluding hydrogens is 188 g/mol. The van der Waals surface area contributed by atoms with Crippen LogP contribution >= 0.6 is 0 Å². The standard InChI is InChI=1S/C8H6N2O4/c11-6-2-1-5(3-9-6)10-7(12)4-14-8(10)13/h1-3H,4H2,(H,9,11). The van der Waals surface area contributed by atoms with Crippen molar-refractivity contribution in [3.63, 3.8) is 0 Å². The third-order valence-corrected chi connectivity index (χ3v) is 1.78. The number of nitrogens with one attached hydrogen (secondary N) is 1. The molecule has 2 amide bonds. The van der Waals surface area contributed by atoms with Gasteiger partial charge in [-0.15, -0.1) is 0 Å². The molecule has 72 valence electrons.